The van der Waals surface area contributed by atoms with Crippen molar-refractivity contribution < 1.29 is 14.0 Å². The number of nitrogens with zero attached hydrogens (tertiary/aromatic N) is 5. The molecule has 0 saturated carbocycles. The summed E-state index contributed by atoms with van der Waals surface area (Å²) >= 11 is 1.02. The summed E-state index contributed by atoms with van der Waals surface area (Å²) in [7, 11) is 1.68. The van der Waals surface area contributed by atoms with Crippen LogP contribution in [0.25, 0.3) is 0 Å². The Morgan fingerprint density at radius 1 is 1.21 bits per heavy atom. The SMILES string of the molecule is CN(Cc1nsc(NC(=O)NCc2cccc(F)c2)n1)C(=O)c1cccnc1N1CCCC1. The minimum atomic E-state index is -0.475. The molecule has 1 aromatic carbocycles. The van der Waals surface area contributed by atoms with Crippen LogP contribution in [0.3, 0.4) is 0 Å². The van der Waals surface area contributed by atoms with Crippen molar-refractivity contribution in [3.8, 4) is 0 Å². The summed E-state index contributed by atoms with van der Waals surface area (Å²) in [4.78, 5) is 37.5. The average Bonchev–Trinajstić information content (AvgIpc) is 3.50. The van der Waals surface area contributed by atoms with Gasteiger partial charge in [-0.3, -0.25) is 10.1 Å². The van der Waals surface area contributed by atoms with Gasteiger partial charge >= 0.3 is 6.03 Å². The molecule has 3 aromatic rings. The van der Waals surface area contributed by atoms with Crippen LogP contribution < -0.4 is 15.5 Å². The van der Waals surface area contributed by atoms with Gasteiger partial charge in [-0.25, -0.2) is 19.2 Å². The summed E-state index contributed by atoms with van der Waals surface area (Å²) in [6.45, 7) is 2.16. The van der Waals surface area contributed by atoms with E-state index in [0.29, 0.717) is 27.9 Å². The Balaban J connectivity index is 1.32. The topological polar surface area (TPSA) is 103 Å². The molecule has 0 unspecified atom stereocenters. The number of hydrogen-bond acceptors (Lipinski definition) is 7. The van der Waals surface area contributed by atoms with Crippen LogP contribution >= 0.6 is 11.5 Å². The van der Waals surface area contributed by atoms with Crippen molar-refractivity contribution in [2.24, 2.45) is 0 Å². The maximum absolute atomic E-state index is 13.2. The van der Waals surface area contributed by atoms with Crippen LogP contribution in [0, 0.1) is 5.82 Å². The molecule has 0 spiro atoms. The summed E-state index contributed by atoms with van der Waals surface area (Å²) in [6, 6.07) is 9.06. The number of hydrogen-bond donors (Lipinski definition) is 2. The van der Waals surface area contributed by atoms with Crippen molar-refractivity contribution in [3.05, 3.63) is 65.4 Å². The number of urea groups is 1. The van der Waals surface area contributed by atoms with Gasteiger partial charge in [-0.1, -0.05) is 12.1 Å². The Morgan fingerprint density at radius 3 is 2.82 bits per heavy atom. The fourth-order valence-corrected chi connectivity index (χ4v) is 4.15. The van der Waals surface area contributed by atoms with Crippen molar-refractivity contribution in [1.29, 1.82) is 0 Å². The lowest BCUT2D eigenvalue weighted by molar-refractivity contribution is 0.0782. The molecule has 2 aromatic heterocycles. The third-order valence-electron chi connectivity index (χ3n) is 5.18. The molecule has 1 saturated heterocycles. The highest BCUT2D eigenvalue weighted by molar-refractivity contribution is 7.09. The van der Waals surface area contributed by atoms with Gasteiger partial charge in [0, 0.05) is 44.4 Å². The number of halogens is 1. The van der Waals surface area contributed by atoms with Crippen molar-refractivity contribution >= 4 is 34.4 Å². The molecule has 1 aliphatic rings. The molecule has 9 nitrogen and oxygen atoms in total. The van der Waals surface area contributed by atoms with E-state index in [1.165, 1.54) is 17.0 Å². The van der Waals surface area contributed by atoms with Gasteiger partial charge in [-0.15, -0.1) is 0 Å². The second-order valence-electron chi connectivity index (χ2n) is 7.68. The monoisotopic (exact) mass is 469 g/mol. The molecular weight excluding hydrogens is 445 g/mol. The highest BCUT2D eigenvalue weighted by Gasteiger charge is 2.23. The van der Waals surface area contributed by atoms with Crippen LogP contribution in [0.15, 0.2) is 42.6 Å². The summed E-state index contributed by atoms with van der Waals surface area (Å²) in [5, 5.41) is 5.56. The van der Waals surface area contributed by atoms with E-state index < -0.39 is 6.03 Å². The first kappa shape index (κ1) is 22.6. The third kappa shape index (κ3) is 5.80. The second-order valence-corrected chi connectivity index (χ2v) is 8.44. The van der Waals surface area contributed by atoms with Gasteiger partial charge in [0.05, 0.1) is 12.1 Å². The number of amides is 3. The Morgan fingerprint density at radius 2 is 2.03 bits per heavy atom. The number of carbonyl (C=O) groups is 2. The standard InChI is InChI=1S/C22H24FN7O2S/c1-29(20(31)17-8-5-9-24-19(17)30-10-2-3-11-30)14-18-26-22(33-28-18)27-21(32)25-13-15-6-4-7-16(23)12-15/h4-9,12H,2-3,10-11,13-14H2,1H3,(H2,25,26,27,28,32). The zero-order chi connectivity index (χ0) is 23.2. The van der Waals surface area contributed by atoms with E-state index in [1.54, 1.807) is 37.5 Å². The molecule has 1 fully saturated rings. The van der Waals surface area contributed by atoms with E-state index in [4.69, 9.17) is 0 Å². The predicted octanol–water partition coefficient (Wildman–Crippen LogP) is 3.27. The van der Waals surface area contributed by atoms with Crippen molar-refractivity contribution in [2.75, 3.05) is 30.4 Å². The van der Waals surface area contributed by atoms with Gasteiger partial charge < -0.3 is 15.1 Å². The van der Waals surface area contributed by atoms with Crippen molar-refractivity contribution in [3.63, 3.8) is 0 Å². The van der Waals surface area contributed by atoms with Crippen LogP contribution in [-0.4, -0.2) is 51.3 Å². The van der Waals surface area contributed by atoms with E-state index >= 15 is 0 Å². The zero-order valence-electron chi connectivity index (χ0n) is 18.1. The molecule has 0 radical (unpaired) electrons. The van der Waals surface area contributed by atoms with Crippen LogP contribution in [0.4, 0.5) is 20.1 Å². The van der Waals surface area contributed by atoms with Crippen LogP contribution in [-0.2, 0) is 13.1 Å². The Kier molecular flexibility index (Phi) is 7.08. The van der Waals surface area contributed by atoms with E-state index in [-0.39, 0.29) is 24.8 Å². The minimum absolute atomic E-state index is 0.165. The van der Waals surface area contributed by atoms with Gasteiger partial charge in [-0.05, 0) is 42.7 Å². The molecular formula is C22H24FN7O2S. The summed E-state index contributed by atoms with van der Waals surface area (Å²) in [5.41, 5.74) is 1.19. The smallest absolute Gasteiger partial charge is 0.321 e. The van der Waals surface area contributed by atoms with Gasteiger partial charge in [0.15, 0.2) is 5.82 Å². The molecule has 0 atom stereocenters. The normalized spacial score (nSPS) is 13.1. The predicted molar refractivity (Wildman–Crippen MR) is 124 cm³/mol. The summed E-state index contributed by atoms with van der Waals surface area (Å²) < 4.78 is 17.5. The lowest BCUT2D eigenvalue weighted by atomic mass is 10.2. The first-order chi connectivity index (χ1) is 16.0. The summed E-state index contributed by atoms with van der Waals surface area (Å²) in [5.74, 6) is 0.599. The molecule has 2 N–H and O–H groups in total. The van der Waals surface area contributed by atoms with E-state index in [9.17, 15) is 14.0 Å². The van der Waals surface area contributed by atoms with Crippen LogP contribution in [0.2, 0.25) is 0 Å². The fourth-order valence-electron chi connectivity index (χ4n) is 3.57. The molecule has 3 amide bonds. The lowest BCUT2D eigenvalue weighted by Gasteiger charge is -2.22. The number of anilines is 2. The fraction of sp³-hybridized carbons (Fsp3) is 0.318. The van der Waals surface area contributed by atoms with Crippen molar-refractivity contribution in [1.82, 2.24) is 24.6 Å². The maximum Gasteiger partial charge on any atom is 0.321 e. The molecule has 1 aliphatic heterocycles. The van der Waals surface area contributed by atoms with Crippen LogP contribution in [0.1, 0.15) is 34.6 Å². The average molecular weight is 470 g/mol. The van der Waals surface area contributed by atoms with E-state index in [0.717, 1.165) is 37.5 Å². The molecule has 4 rings (SSSR count). The quantitative estimate of drug-likeness (QED) is 0.551. The highest BCUT2D eigenvalue weighted by Crippen LogP contribution is 2.23. The molecule has 0 bridgehead atoms. The summed E-state index contributed by atoms with van der Waals surface area (Å²) in [6.07, 6.45) is 3.88. The molecule has 3 heterocycles. The number of aromatic nitrogens is 3. The number of rotatable bonds is 7. The molecule has 172 valence electrons. The van der Waals surface area contributed by atoms with Gasteiger partial charge in [0.25, 0.3) is 5.91 Å². The number of pyridine rings is 1. The first-order valence-corrected chi connectivity index (χ1v) is 11.3. The largest absolute Gasteiger partial charge is 0.356 e. The lowest BCUT2D eigenvalue weighted by Crippen LogP contribution is -2.30. The molecule has 0 aliphatic carbocycles. The van der Waals surface area contributed by atoms with Crippen LogP contribution in [0.5, 0.6) is 0 Å². The zero-order valence-corrected chi connectivity index (χ0v) is 18.9. The highest BCUT2D eigenvalue weighted by atomic mass is 32.1. The van der Waals surface area contributed by atoms with Gasteiger partial charge in [0.1, 0.15) is 11.6 Å². The Bertz CT molecular complexity index is 1130. The Labute approximate surface area is 194 Å². The molecule has 11 heteroatoms. The van der Waals surface area contributed by atoms with E-state index in [1.807, 2.05) is 0 Å². The first-order valence-electron chi connectivity index (χ1n) is 10.6. The Hall–Kier alpha value is -3.60. The van der Waals surface area contributed by atoms with Crippen molar-refractivity contribution in [2.45, 2.75) is 25.9 Å². The minimum Gasteiger partial charge on any atom is -0.356 e. The van der Waals surface area contributed by atoms with E-state index in [2.05, 4.69) is 29.9 Å². The second kappa shape index (κ2) is 10.3. The molecule has 33 heavy (non-hydrogen) atoms. The maximum atomic E-state index is 13.2. The third-order valence-corrected chi connectivity index (χ3v) is 5.85. The van der Waals surface area contributed by atoms with Gasteiger partial charge in [0.2, 0.25) is 5.13 Å². The number of benzene rings is 1. The number of nitrogens with one attached hydrogen (secondary N) is 2. The van der Waals surface area contributed by atoms with Gasteiger partial charge in [-0.2, -0.15) is 4.37 Å². The number of carbonyl (C=O) groups excluding carboxylic acids is 2.